The molecule has 216 valence electrons. The number of hydrogen-bond donors (Lipinski definition) is 2. The lowest BCUT2D eigenvalue weighted by molar-refractivity contribution is -0.0331. The number of halogens is 2. The molecule has 4 fully saturated rings. The lowest BCUT2D eigenvalue weighted by Gasteiger charge is -2.40. The zero-order chi connectivity index (χ0) is 28.1. The van der Waals surface area contributed by atoms with Crippen molar-refractivity contribution in [2.75, 3.05) is 51.3 Å². The topological polar surface area (TPSA) is 112 Å². The van der Waals surface area contributed by atoms with E-state index in [2.05, 4.69) is 41.3 Å². The average molecular weight is 621 g/mol. The maximum Gasteiger partial charge on any atom is 0.411 e. The summed E-state index contributed by atoms with van der Waals surface area (Å²) in [5.74, 6) is 0.121. The zero-order valence-corrected chi connectivity index (χ0v) is 24.4. The second kappa shape index (κ2) is 10.5. The van der Waals surface area contributed by atoms with Gasteiger partial charge in [-0.1, -0.05) is 0 Å². The number of urea groups is 1. The molecule has 1 aromatic heterocycles. The number of carbonyl (C=O) groups excluding carboxylic acids is 2. The number of amides is 3. The van der Waals surface area contributed by atoms with E-state index in [1.54, 1.807) is 18.0 Å². The van der Waals surface area contributed by atoms with Gasteiger partial charge in [0.05, 0.1) is 15.6 Å². The molecular formula is C27H35BrFN7O4. The fourth-order valence-electron chi connectivity index (χ4n) is 6.65. The first kappa shape index (κ1) is 27.3. The third-order valence-electron chi connectivity index (χ3n) is 8.91. The van der Waals surface area contributed by atoms with Crippen LogP contribution in [0.15, 0.2) is 16.6 Å². The van der Waals surface area contributed by atoms with Crippen LogP contribution in [0.2, 0.25) is 0 Å². The van der Waals surface area contributed by atoms with E-state index in [0.717, 1.165) is 51.6 Å². The second-order valence-electron chi connectivity index (χ2n) is 11.4. The van der Waals surface area contributed by atoms with E-state index in [0.29, 0.717) is 41.9 Å². The highest BCUT2D eigenvalue weighted by Crippen LogP contribution is 2.43. The minimum atomic E-state index is -0.470. The molecule has 0 bridgehead atoms. The quantitative estimate of drug-likeness (QED) is 0.504. The van der Waals surface area contributed by atoms with Crippen molar-refractivity contribution >= 4 is 44.8 Å². The van der Waals surface area contributed by atoms with Crippen molar-refractivity contribution in [1.82, 2.24) is 30.4 Å². The van der Waals surface area contributed by atoms with Crippen LogP contribution in [0.3, 0.4) is 0 Å². The molecule has 0 aliphatic carbocycles. The molecular weight excluding hydrogens is 585 g/mol. The predicted molar refractivity (Wildman–Crippen MR) is 150 cm³/mol. The van der Waals surface area contributed by atoms with Crippen molar-refractivity contribution in [2.24, 2.45) is 0 Å². The second-order valence-corrected chi connectivity index (χ2v) is 12.3. The molecule has 3 amide bonds. The molecule has 1 spiro atoms. The number of nitrogens with one attached hydrogen (secondary N) is 2. The monoisotopic (exact) mass is 619 g/mol. The number of fused-ring (bicyclic) bond motifs is 2. The van der Waals surface area contributed by atoms with E-state index < -0.39 is 11.4 Å². The SMILES string of the molecule is CCN(C)C(=O)O[C@H]1CC[C@@]2(COc3nc(N4CCCC5(CNC(=O)N5)C4)c4ccc(Br)c(F)c4n3)CCCN12. The number of benzene rings is 1. The smallest absolute Gasteiger partial charge is 0.411 e. The van der Waals surface area contributed by atoms with Gasteiger partial charge in [0.1, 0.15) is 17.9 Å². The van der Waals surface area contributed by atoms with Gasteiger partial charge < -0.3 is 29.9 Å². The molecule has 0 radical (unpaired) electrons. The molecule has 6 rings (SSSR count). The fourth-order valence-corrected chi connectivity index (χ4v) is 6.97. The lowest BCUT2D eigenvalue weighted by atomic mass is 9.90. The number of rotatable bonds is 6. The lowest BCUT2D eigenvalue weighted by Crippen LogP contribution is -2.56. The van der Waals surface area contributed by atoms with Gasteiger partial charge >= 0.3 is 18.1 Å². The summed E-state index contributed by atoms with van der Waals surface area (Å²) in [6.07, 6.45) is 4.52. The van der Waals surface area contributed by atoms with Gasteiger partial charge in [-0.3, -0.25) is 4.90 Å². The molecule has 11 nitrogen and oxygen atoms in total. The standard InChI is InChI=1S/C27H35BrFN7O4/c1-3-34(2)25(38)40-19-8-11-27(10-5-13-36(19)27)16-39-24-31-21-17(6-7-18(28)20(21)29)22(32-24)35-12-4-9-26(15-35)14-30-23(37)33-26/h6-7,19H,3-5,8-16H2,1-2H3,(H2,30,33,37)/t19-,26?,27+/m0/s1. The maximum absolute atomic E-state index is 15.4. The largest absolute Gasteiger partial charge is 0.461 e. The zero-order valence-electron chi connectivity index (χ0n) is 22.8. The summed E-state index contributed by atoms with van der Waals surface area (Å²) < 4.78 is 27.8. The molecule has 2 N–H and O–H groups in total. The number of ether oxygens (including phenoxy) is 2. The molecule has 3 atom stereocenters. The van der Waals surface area contributed by atoms with Crippen molar-refractivity contribution in [1.29, 1.82) is 0 Å². The molecule has 1 aromatic carbocycles. The van der Waals surface area contributed by atoms with Gasteiger partial charge in [0.2, 0.25) is 0 Å². The summed E-state index contributed by atoms with van der Waals surface area (Å²) in [7, 11) is 1.73. The van der Waals surface area contributed by atoms with Crippen LogP contribution in [0.4, 0.5) is 19.8 Å². The predicted octanol–water partition coefficient (Wildman–Crippen LogP) is 3.60. The van der Waals surface area contributed by atoms with Gasteiger partial charge in [0.25, 0.3) is 0 Å². The van der Waals surface area contributed by atoms with Gasteiger partial charge in [0.15, 0.2) is 12.0 Å². The first-order valence-corrected chi connectivity index (χ1v) is 14.8. The molecule has 4 aliphatic heterocycles. The Morgan fingerprint density at radius 2 is 2.08 bits per heavy atom. The maximum atomic E-state index is 15.4. The number of nitrogens with zero attached hydrogens (tertiary/aromatic N) is 5. The van der Waals surface area contributed by atoms with Crippen LogP contribution >= 0.6 is 15.9 Å². The van der Waals surface area contributed by atoms with Crippen LogP contribution in [-0.2, 0) is 4.74 Å². The van der Waals surface area contributed by atoms with Crippen molar-refractivity contribution in [3.8, 4) is 6.01 Å². The van der Waals surface area contributed by atoms with Gasteiger partial charge in [0, 0.05) is 51.6 Å². The van der Waals surface area contributed by atoms with Gasteiger partial charge in [-0.05, 0) is 67.1 Å². The van der Waals surface area contributed by atoms with Crippen LogP contribution in [0.1, 0.15) is 45.4 Å². The number of anilines is 1. The third-order valence-corrected chi connectivity index (χ3v) is 9.52. The van der Waals surface area contributed by atoms with Crippen molar-refractivity contribution in [3.63, 3.8) is 0 Å². The number of hydrogen-bond acceptors (Lipinski definition) is 8. The molecule has 40 heavy (non-hydrogen) atoms. The minimum absolute atomic E-state index is 0.111. The number of aromatic nitrogens is 2. The summed E-state index contributed by atoms with van der Waals surface area (Å²) >= 11 is 3.29. The summed E-state index contributed by atoms with van der Waals surface area (Å²) in [4.78, 5) is 39.6. The van der Waals surface area contributed by atoms with Crippen molar-refractivity contribution in [2.45, 2.75) is 62.8 Å². The van der Waals surface area contributed by atoms with Gasteiger partial charge in [-0.25, -0.2) is 14.0 Å². The Bertz CT molecular complexity index is 1330. The van der Waals surface area contributed by atoms with Crippen molar-refractivity contribution < 1.29 is 23.5 Å². The van der Waals surface area contributed by atoms with E-state index >= 15 is 4.39 Å². The Labute approximate surface area is 240 Å². The highest BCUT2D eigenvalue weighted by molar-refractivity contribution is 9.10. The van der Waals surface area contributed by atoms with E-state index in [-0.39, 0.29) is 35.4 Å². The molecule has 0 saturated carbocycles. The summed E-state index contributed by atoms with van der Waals surface area (Å²) in [6, 6.07) is 3.42. The summed E-state index contributed by atoms with van der Waals surface area (Å²) in [5.41, 5.74) is -0.504. The molecule has 4 saturated heterocycles. The van der Waals surface area contributed by atoms with E-state index in [1.807, 2.05) is 13.0 Å². The molecule has 13 heteroatoms. The molecule has 4 aliphatic rings. The molecule has 2 aromatic rings. The first-order valence-electron chi connectivity index (χ1n) is 14.0. The first-order chi connectivity index (χ1) is 19.2. The van der Waals surface area contributed by atoms with Crippen LogP contribution in [-0.4, -0.2) is 95.6 Å². The van der Waals surface area contributed by atoms with E-state index in [9.17, 15) is 9.59 Å². The normalized spacial score (nSPS) is 28.1. The van der Waals surface area contributed by atoms with Crippen LogP contribution < -0.4 is 20.3 Å². The Morgan fingerprint density at radius 1 is 1.25 bits per heavy atom. The molecule has 5 heterocycles. The van der Waals surface area contributed by atoms with Crippen LogP contribution in [0.25, 0.3) is 10.9 Å². The van der Waals surface area contributed by atoms with Gasteiger partial charge in [-0.15, -0.1) is 0 Å². The van der Waals surface area contributed by atoms with Gasteiger partial charge in [-0.2, -0.15) is 9.97 Å². The third kappa shape index (κ3) is 4.80. The Morgan fingerprint density at radius 3 is 2.85 bits per heavy atom. The number of carbonyl (C=O) groups is 2. The van der Waals surface area contributed by atoms with Crippen LogP contribution in [0.5, 0.6) is 6.01 Å². The number of piperidine rings is 1. The van der Waals surface area contributed by atoms with Crippen LogP contribution in [0, 0.1) is 5.82 Å². The fraction of sp³-hybridized carbons (Fsp3) is 0.630. The Balaban J connectivity index is 1.26. The highest BCUT2D eigenvalue weighted by atomic mass is 79.9. The Hall–Kier alpha value is -2.93. The van der Waals surface area contributed by atoms with Crippen molar-refractivity contribution in [3.05, 3.63) is 22.4 Å². The minimum Gasteiger partial charge on any atom is -0.461 e. The highest BCUT2D eigenvalue weighted by Gasteiger charge is 2.51. The Kier molecular flexibility index (Phi) is 7.14. The molecule has 1 unspecified atom stereocenters. The average Bonchev–Trinajstić information content (AvgIpc) is 3.63. The summed E-state index contributed by atoms with van der Waals surface area (Å²) in [6.45, 7) is 5.42. The van der Waals surface area contributed by atoms with E-state index in [4.69, 9.17) is 14.5 Å². The summed E-state index contributed by atoms with van der Waals surface area (Å²) in [5, 5.41) is 6.54. The van der Waals surface area contributed by atoms with E-state index in [1.165, 1.54) is 0 Å².